The minimum Gasteiger partial charge on any atom is -0.377 e. The largest absolute Gasteiger partial charge is 0.377 e. The van der Waals surface area contributed by atoms with Crippen LogP contribution in [0.5, 0.6) is 0 Å². The van der Waals surface area contributed by atoms with Crippen molar-refractivity contribution in [3.63, 3.8) is 0 Å². The molecule has 5 nitrogen and oxygen atoms in total. The lowest BCUT2D eigenvalue weighted by Crippen LogP contribution is -2.49. The van der Waals surface area contributed by atoms with Gasteiger partial charge in [0.15, 0.2) is 0 Å². The van der Waals surface area contributed by atoms with Crippen molar-refractivity contribution in [3.05, 3.63) is 0 Å². The first-order valence-electron chi connectivity index (χ1n) is 9.21. The fourth-order valence-electron chi connectivity index (χ4n) is 4.08. The van der Waals surface area contributed by atoms with Crippen LogP contribution in [0.4, 0.5) is 4.79 Å². The minimum absolute atomic E-state index is 0.126. The van der Waals surface area contributed by atoms with Crippen molar-refractivity contribution >= 4 is 6.03 Å². The Bertz CT molecular complexity index is 356. The summed E-state index contributed by atoms with van der Waals surface area (Å²) in [5.41, 5.74) is 0. The van der Waals surface area contributed by atoms with Crippen LogP contribution in [0, 0.1) is 0 Å². The van der Waals surface area contributed by atoms with Gasteiger partial charge in [-0.25, -0.2) is 4.79 Å². The molecule has 3 aliphatic rings. The fraction of sp³-hybridized carbons (Fsp3) is 0.941. The molecule has 0 aromatic rings. The van der Waals surface area contributed by atoms with Gasteiger partial charge < -0.3 is 15.0 Å². The fourth-order valence-corrected chi connectivity index (χ4v) is 4.08. The molecule has 2 heterocycles. The number of nitrogens with zero attached hydrogens (tertiary/aromatic N) is 2. The van der Waals surface area contributed by atoms with Crippen LogP contribution in [-0.2, 0) is 4.74 Å². The SMILES string of the molecule is O=C1NCCN1[C@@H]1CCCN(CCOC2CCCCCC2)C1. The standard InChI is InChI=1S/C17H31N3O2/c21-17-18-9-11-20(17)15-6-5-10-19(14-15)12-13-22-16-7-3-1-2-4-8-16/h15-16H,1-14H2,(H,18,21)/t15-/m1/s1. The molecule has 0 unspecified atom stereocenters. The monoisotopic (exact) mass is 309 g/mol. The summed E-state index contributed by atoms with van der Waals surface area (Å²) in [6, 6.07) is 0.524. The van der Waals surface area contributed by atoms with Gasteiger partial charge in [0.05, 0.1) is 12.7 Å². The van der Waals surface area contributed by atoms with E-state index in [1.54, 1.807) is 0 Å². The van der Waals surface area contributed by atoms with Crippen LogP contribution in [0.3, 0.4) is 0 Å². The minimum atomic E-state index is 0.126. The summed E-state index contributed by atoms with van der Waals surface area (Å²) in [6.45, 7) is 5.71. The number of carbonyl (C=O) groups is 1. The van der Waals surface area contributed by atoms with Crippen LogP contribution in [0.15, 0.2) is 0 Å². The Morgan fingerprint density at radius 1 is 1.05 bits per heavy atom. The van der Waals surface area contributed by atoms with Gasteiger partial charge in [-0.3, -0.25) is 4.90 Å². The Balaban J connectivity index is 1.38. The first kappa shape index (κ1) is 16.1. The normalized spacial score (nSPS) is 28.6. The lowest BCUT2D eigenvalue weighted by atomic mass is 10.0. The average molecular weight is 309 g/mol. The number of rotatable bonds is 5. The van der Waals surface area contributed by atoms with Crippen LogP contribution in [0.2, 0.25) is 0 Å². The van der Waals surface area contributed by atoms with Gasteiger partial charge in [-0.1, -0.05) is 25.7 Å². The molecule has 2 amide bonds. The van der Waals surface area contributed by atoms with Crippen LogP contribution in [0.25, 0.3) is 0 Å². The van der Waals surface area contributed by atoms with E-state index in [4.69, 9.17) is 4.74 Å². The molecule has 1 atom stereocenters. The van der Waals surface area contributed by atoms with Gasteiger partial charge in [-0.05, 0) is 32.2 Å². The Morgan fingerprint density at radius 2 is 1.86 bits per heavy atom. The van der Waals surface area contributed by atoms with Crippen molar-refractivity contribution in [3.8, 4) is 0 Å². The van der Waals surface area contributed by atoms with Gasteiger partial charge >= 0.3 is 6.03 Å². The van der Waals surface area contributed by atoms with Crippen molar-refractivity contribution < 1.29 is 9.53 Å². The molecule has 126 valence electrons. The molecule has 0 aromatic carbocycles. The summed E-state index contributed by atoms with van der Waals surface area (Å²) < 4.78 is 6.11. The van der Waals surface area contributed by atoms with Crippen LogP contribution in [-0.4, -0.2) is 67.3 Å². The summed E-state index contributed by atoms with van der Waals surface area (Å²) in [7, 11) is 0. The molecule has 22 heavy (non-hydrogen) atoms. The molecular formula is C17H31N3O2. The smallest absolute Gasteiger partial charge is 0.317 e. The first-order valence-corrected chi connectivity index (χ1v) is 9.21. The van der Waals surface area contributed by atoms with E-state index in [-0.39, 0.29) is 6.03 Å². The number of hydrogen-bond acceptors (Lipinski definition) is 3. The summed E-state index contributed by atoms with van der Waals surface area (Å²) in [5.74, 6) is 0. The highest BCUT2D eigenvalue weighted by atomic mass is 16.5. The lowest BCUT2D eigenvalue weighted by Gasteiger charge is -2.37. The molecule has 1 aliphatic carbocycles. The molecule has 0 spiro atoms. The van der Waals surface area contributed by atoms with E-state index in [1.165, 1.54) is 44.9 Å². The Hall–Kier alpha value is -0.810. The van der Waals surface area contributed by atoms with Crippen molar-refractivity contribution in [1.29, 1.82) is 0 Å². The van der Waals surface area contributed by atoms with Gasteiger partial charge in [-0.2, -0.15) is 0 Å². The van der Waals surface area contributed by atoms with Gasteiger partial charge in [0.1, 0.15) is 0 Å². The zero-order valence-corrected chi connectivity index (χ0v) is 13.8. The summed E-state index contributed by atoms with van der Waals surface area (Å²) in [5, 5.41) is 2.92. The zero-order chi connectivity index (χ0) is 15.2. The quantitative estimate of drug-likeness (QED) is 0.792. The number of nitrogens with one attached hydrogen (secondary N) is 1. The average Bonchev–Trinajstić information content (AvgIpc) is 2.80. The predicted octanol–water partition coefficient (Wildman–Crippen LogP) is 2.22. The molecule has 1 saturated carbocycles. The number of piperidine rings is 1. The van der Waals surface area contributed by atoms with E-state index in [0.29, 0.717) is 12.1 Å². The second-order valence-corrected chi connectivity index (χ2v) is 7.01. The summed E-state index contributed by atoms with van der Waals surface area (Å²) in [6.07, 6.45) is 10.8. The highest BCUT2D eigenvalue weighted by Crippen LogP contribution is 2.20. The van der Waals surface area contributed by atoms with E-state index in [0.717, 1.165) is 45.8 Å². The van der Waals surface area contributed by atoms with E-state index in [9.17, 15) is 4.79 Å². The summed E-state index contributed by atoms with van der Waals surface area (Å²) >= 11 is 0. The second kappa shape index (κ2) is 8.16. The number of hydrogen-bond donors (Lipinski definition) is 1. The number of urea groups is 1. The summed E-state index contributed by atoms with van der Waals surface area (Å²) in [4.78, 5) is 16.3. The number of ether oxygens (including phenoxy) is 1. The number of likely N-dealkylation sites (tertiary alicyclic amines) is 1. The Kier molecular flexibility index (Phi) is 5.96. The van der Waals surface area contributed by atoms with Crippen molar-refractivity contribution in [1.82, 2.24) is 15.1 Å². The van der Waals surface area contributed by atoms with E-state index in [1.807, 2.05) is 4.90 Å². The molecular weight excluding hydrogens is 278 g/mol. The first-order chi connectivity index (χ1) is 10.8. The Morgan fingerprint density at radius 3 is 2.59 bits per heavy atom. The van der Waals surface area contributed by atoms with Gasteiger partial charge in [0.2, 0.25) is 0 Å². The molecule has 1 N–H and O–H groups in total. The third kappa shape index (κ3) is 4.35. The van der Waals surface area contributed by atoms with Crippen molar-refractivity contribution in [2.75, 3.05) is 39.3 Å². The molecule has 0 bridgehead atoms. The predicted molar refractivity (Wildman–Crippen MR) is 87.0 cm³/mol. The molecule has 3 fully saturated rings. The number of amides is 2. The highest BCUT2D eigenvalue weighted by Gasteiger charge is 2.31. The molecule has 0 radical (unpaired) electrons. The molecule has 5 heteroatoms. The molecule has 3 rings (SSSR count). The third-order valence-corrected chi connectivity index (χ3v) is 5.37. The topological polar surface area (TPSA) is 44.8 Å². The van der Waals surface area contributed by atoms with Crippen LogP contribution >= 0.6 is 0 Å². The second-order valence-electron chi connectivity index (χ2n) is 7.01. The van der Waals surface area contributed by atoms with Crippen molar-refractivity contribution in [2.24, 2.45) is 0 Å². The van der Waals surface area contributed by atoms with Crippen molar-refractivity contribution in [2.45, 2.75) is 63.5 Å². The van der Waals surface area contributed by atoms with Gasteiger partial charge in [0, 0.05) is 32.2 Å². The maximum atomic E-state index is 11.8. The maximum absolute atomic E-state index is 11.8. The van der Waals surface area contributed by atoms with Gasteiger partial charge in [0.25, 0.3) is 0 Å². The van der Waals surface area contributed by atoms with E-state index < -0.39 is 0 Å². The van der Waals surface area contributed by atoms with Crippen LogP contribution < -0.4 is 5.32 Å². The molecule has 2 saturated heterocycles. The van der Waals surface area contributed by atoms with Gasteiger partial charge in [-0.15, -0.1) is 0 Å². The van der Waals surface area contributed by atoms with Crippen LogP contribution in [0.1, 0.15) is 51.4 Å². The lowest BCUT2D eigenvalue weighted by molar-refractivity contribution is 0.0203. The molecule has 2 aliphatic heterocycles. The Labute approximate surface area is 134 Å². The van der Waals surface area contributed by atoms with E-state index in [2.05, 4.69) is 10.2 Å². The molecule has 0 aromatic heterocycles. The zero-order valence-electron chi connectivity index (χ0n) is 13.8. The third-order valence-electron chi connectivity index (χ3n) is 5.37. The highest BCUT2D eigenvalue weighted by molar-refractivity contribution is 5.76. The van der Waals surface area contributed by atoms with E-state index >= 15 is 0 Å². The maximum Gasteiger partial charge on any atom is 0.317 e. The number of carbonyl (C=O) groups excluding carboxylic acids is 1.